The van der Waals surface area contributed by atoms with Gasteiger partial charge in [0.05, 0.1) is 24.5 Å². The van der Waals surface area contributed by atoms with Crippen LogP contribution >= 0.6 is 0 Å². The van der Waals surface area contributed by atoms with Crippen LogP contribution in [0.25, 0.3) is 0 Å². The average Bonchev–Trinajstić information content (AvgIpc) is 2.31. The van der Waals surface area contributed by atoms with Gasteiger partial charge in [-0.2, -0.15) is 5.10 Å². The fourth-order valence-corrected chi connectivity index (χ4v) is 2.41. The number of aromatic nitrogens is 2. The largest absolute Gasteiger partial charge is 0.391 e. The molecule has 0 saturated carbocycles. The lowest BCUT2D eigenvalue weighted by molar-refractivity contribution is 0.166. The quantitative estimate of drug-likeness (QED) is 0.865. The summed E-state index contributed by atoms with van der Waals surface area (Å²) in [6.45, 7) is 6.10. The van der Waals surface area contributed by atoms with Gasteiger partial charge < -0.3 is 10.0 Å². The first kappa shape index (κ1) is 13.1. The molecule has 5 heteroatoms. The molecule has 1 unspecified atom stereocenters. The number of aliphatic hydroxyl groups is 1. The minimum atomic E-state index is -0.559. The Morgan fingerprint density at radius 2 is 2.39 bits per heavy atom. The van der Waals surface area contributed by atoms with Crippen LogP contribution in [-0.2, 0) is 6.54 Å². The average molecular weight is 251 g/mol. The normalized spacial score (nSPS) is 21.9. The minimum absolute atomic E-state index is 0.147. The van der Waals surface area contributed by atoms with Gasteiger partial charge in [-0.1, -0.05) is 6.92 Å². The molecular formula is C13H21N3O2. The van der Waals surface area contributed by atoms with Crippen LogP contribution in [0.15, 0.2) is 17.1 Å². The van der Waals surface area contributed by atoms with Gasteiger partial charge in [0.25, 0.3) is 5.56 Å². The van der Waals surface area contributed by atoms with Gasteiger partial charge in [0.15, 0.2) is 0 Å². The Kier molecular flexibility index (Phi) is 4.01. The Morgan fingerprint density at radius 3 is 3.00 bits per heavy atom. The number of anilines is 1. The molecule has 1 aromatic rings. The van der Waals surface area contributed by atoms with Crippen molar-refractivity contribution in [3.63, 3.8) is 0 Å². The zero-order chi connectivity index (χ0) is 13.1. The van der Waals surface area contributed by atoms with E-state index < -0.39 is 6.10 Å². The Labute approximate surface area is 107 Å². The number of piperidine rings is 1. The summed E-state index contributed by atoms with van der Waals surface area (Å²) in [5.41, 5.74) is 0.750. The molecule has 1 aliphatic heterocycles. The van der Waals surface area contributed by atoms with Crippen molar-refractivity contribution < 1.29 is 5.11 Å². The molecule has 1 aliphatic rings. The molecule has 2 rings (SSSR count). The third kappa shape index (κ3) is 3.10. The molecule has 0 aliphatic carbocycles. The number of rotatable bonds is 3. The molecule has 0 radical (unpaired) electrons. The number of hydrogen-bond acceptors (Lipinski definition) is 4. The summed E-state index contributed by atoms with van der Waals surface area (Å²) in [6.07, 6.45) is 3.58. The van der Waals surface area contributed by atoms with Gasteiger partial charge in [-0.25, -0.2) is 4.68 Å². The van der Waals surface area contributed by atoms with Crippen molar-refractivity contribution >= 4 is 5.69 Å². The summed E-state index contributed by atoms with van der Waals surface area (Å²) < 4.78 is 1.31. The molecule has 18 heavy (non-hydrogen) atoms. The highest BCUT2D eigenvalue weighted by Gasteiger charge is 2.17. The van der Waals surface area contributed by atoms with Crippen molar-refractivity contribution in [2.45, 2.75) is 39.3 Å². The van der Waals surface area contributed by atoms with Crippen molar-refractivity contribution in [2.75, 3.05) is 18.0 Å². The lowest BCUT2D eigenvalue weighted by Gasteiger charge is -2.32. The summed E-state index contributed by atoms with van der Waals surface area (Å²) in [4.78, 5) is 14.1. The van der Waals surface area contributed by atoms with E-state index in [1.165, 1.54) is 11.1 Å². The van der Waals surface area contributed by atoms with E-state index in [4.69, 9.17) is 0 Å². The highest BCUT2D eigenvalue weighted by Crippen LogP contribution is 2.20. The van der Waals surface area contributed by atoms with Gasteiger partial charge in [0.1, 0.15) is 0 Å². The summed E-state index contributed by atoms with van der Waals surface area (Å²) in [7, 11) is 0. The predicted molar refractivity (Wildman–Crippen MR) is 70.8 cm³/mol. The summed E-state index contributed by atoms with van der Waals surface area (Å²) >= 11 is 0. The molecule has 5 nitrogen and oxygen atoms in total. The van der Waals surface area contributed by atoms with Crippen LogP contribution in [-0.4, -0.2) is 34.1 Å². The lowest BCUT2D eigenvalue weighted by atomic mass is 10.00. The number of hydrogen-bond donors (Lipinski definition) is 1. The monoisotopic (exact) mass is 251 g/mol. The first-order chi connectivity index (χ1) is 8.56. The molecular weight excluding hydrogens is 230 g/mol. The topological polar surface area (TPSA) is 58.4 Å². The van der Waals surface area contributed by atoms with Crippen LogP contribution in [0.5, 0.6) is 0 Å². The third-order valence-corrected chi connectivity index (χ3v) is 3.31. The summed E-state index contributed by atoms with van der Waals surface area (Å²) in [5.74, 6) is 0.665. The third-order valence-electron chi connectivity index (χ3n) is 3.31. The van der Waals surface area contributed by atoms with Crippen LogP contribution in [0.2, 0.25) is 0 Å². The molecule has 0 spiro atoms. The van der Waals surface area contributed by atoms with E-state index >= 15 is 0 Å². The van der Waals surface area contributed by atoms with Gasteiger partial charge >= 0.3 is 0 Å². The maximum atomic E-state index is 11.9. The van der Waals surface area contributed by atoms with Gasteiger partial charge in [-0.05, 0) is 25.7 Å². The van der Waals surface area contributed by atoms with E-state index in [0.29, 0.717) is 5.92 Å². The molecule has 0 aromatic carbocycles. The predicted octanol–water partition coefficient (Wildman–Crippen LogP) is 0.860. The molecule has 1 aromatic heterocycles. The maximum Gasteiger partial charge on any atom is 0.268 e. The zero-order valence-corrected chi connectivity index (χ0v) is 11.0. The Bertz CT molecular complexity index is 456. The van der Waals surface area contributed by atoms with Crippen LogP contribution in [0.4, 0.5) is 5.69 Å². The lowest BCUT2D eigenvalue weighted by Crippen LogP contribution is -2.36. The highest BCUT2D eigenvalue weighted by atomic mass is 16.3. The molecule has 2 heterocycles. The van der Waals surface area contributed by atoms with Crippen molar-refractivity contribution in [3.05, 3.63) is 22.6 Å². The summed E-state index contributed by atoms with van der Waals surface area (Å²) in [5, 5.41) is 13.4. The van der Waals surface area contributed by atoms with Gasteiger partial charge in [0.2, 0.25) is 0 Å². The minimum Gasteiger partial charge on any atom is -0.391 e. The van der Waals surface area contributed by atoms with Gasteiger partial charge in [-0.3, -0.25) is 4.79 Å². The molecule has 100 valence electrons. The van der Waals surface area contributed by atoms with E-state index in [0.717, 1.165) is 25.2 Å². The maximum absolute atomic E-state index is 11.9. The van der Waals surface area contributed by atoms with Crippen molar-refractivity contribution in [2.24, 2.45) is 5.92 Å². The molecule has 1 fully saturated rings. The second kappa shape index (κ2) is 5.52. The summed E-state index contributed by atoms with van der Waals surface area (Å²) in [6, 6.07) is 1.62. The molecule has 1 N–H and O–H groups in total. The van der Waals surface area contributed by atoms with E-state index in [1.54, 1.807) is 19.2 Å². The SMILES string of the molecule is CC1CCCN(c2cnn(C[C@@H](C)O)c(=O)c2)C1. The van der Waals surface area contributed by atoms with Crippen molar-refractivity contribution in [3.8, 4) is 0 Å². The first-order valence-electron chi connectivity index (χ1n) is 6.56. The first-order valence-corrected chi connectivity index (χ1v) is 6.56. The Balaban J connectivity index is 2.15. The molecule has 0 bridgehead atoms. The van der Waals surface area contributed by atoms with E-state index in [1.807, 2.05) is 0 Å². The highest BCUT2D eigenvalue weighted by molar-refractivity contribution is 5.43. The number of aliphatic hydroxyl groups excluding tert-OH is 1. The second-order valence-corrected chi connectivity index (χ2v) is 5.28. The Hall–Kier alpha value is -1.36. The molecule has 1 saturated heterocycles. The second-order valence-electron chi connectivity index (χ2n) is 5.28. The van der Waals surface area contributed by atoms with E-state index in [-0.39, 0.29) is 12.1 Å². The molecule has 2 atom stereocenters. The van der Waals surface area contributed by atoms with Crippen LogP contribution in [0, 0.1) is 5.92 Å². The van der Waals surface area contributed by atoms with Crippen LogP contribution in [0.3, 0.4) is 0 Å². The van der Waals surface area contributed by atoms with Crippen molar-refractivity contribution in [1.82, 2.24) is 9.78 Å². The smallest absolute Gasteiger partial charge is 0.268 e. The van der Waals surface area contributed by atoms with E-state index in [2.05, 4.69) is 16.9 Å². The van der Waals surface area contributed by atoms with Gasteiger partial charge in [0, 0.05) is 19.2 Å². The van der Waals surface area contributed by atoms with E-state index in [9.17, 15) is 9.90 Å². The fraction of sp³-hybridized carbons (Fsp3) is 0.692. The zero-order valence-electron chi connectivity index (χ0n) is 11.0. The van der Waals surface area contributed by atoms with Gasteiger partial charge in [-0.15, -0.1) is 0 Å². The standard InChI is InChI=1S/C13H21N3O2/c1-10-4-3-5-15(8-10)12-6-13(18)16(14-7-12)9-11(2)17/h6-7,10-11,17H,3-5,8-9H2,1-2H3/t10?,11-/m1/s1. The fourth-order valence-electron chi connectivity index (χ4n) is 2.41. The Morgan fingerprint density at radius 1 is 1.61 bits per heavy atom. The van der Waals surface area contributed by atoms with Crippen LogP contribution in [0.1, 0.15) is 26.7 Å². The molecule has 0 amide bonds. The van der Waals surface area contributed by atoms with Crippen molar-refractivity contribution in [1.29, 1.82) is 0 Å². The number of nitrogens with zero attached hydrogens (tertiary/aromatic N) is 3. The van der Waals surface area contributed by atoms with Crippen LogP contribution < -0.4 is 10.5 Å².